The summed E-state index contributed by atoms with van der Waals surface area (Å²) in [6.07, 6.45) is 6.15. The molecule has 0 radical (unpaired) electrons. The van der Waals surface area contributed by atoms with Gasteiger partial charge < -0.3 is 15.7 Å². The van der Waals surface area contributed by atoms with Crippen molar-refractivity contribution in [3.05, 3.63) is 34.6 Å². The van der Waals surface area contributed by atoms with E-state index in [1.165, 1.54) is 17.8 Å². The number of aliphatic hydroxyl groups excluding tert-OH is 1. The Morgan fingerprint density at radius 1 is 1.27 bits per heavy atom. The largest absolute Gasteiger partial charge is 0.396 e. The summed E-state index contributed by atoms with van der Waals surface area (Å²) in [6.45, 7) is 2.37. The number of nitrogens with one attached hydrogen (secondary N) is 3. The first-order valence-corrected chi connectivity index (χ1v) is 11.5. The molecule has 2 saturated carbocycles. The predicted molar refractivity (Wildman–Crippen MR) is 121 cm³/mol. The molecule has 8 heteroatoms. The van der Waals surface area contributed by atoms with E-state index in [9.17, 15) is 9.90 Å². The summed E-state index contributed by atoms with van der Waals surface area (Å²) in [5.41, 5.74) is 1.18. The normalized spacial score (nSPS) is 22.7. The zero-order valence-corrected chi connectivity index (χ0v) is 17.9. The molecule has 5 rings (SSSR count). The van der Waals surface area contributed by atoms with Crippen molar-refractivity contribution in [2.24, 2.45) is 5.92 Å². The molecule has 0 saturated heterocycles. The van der Waals surface area contributed by atoms with Gasteiger partial charge in [0.15, 0.2) is 0 Å². The summed E-state index contributed by atoms with van der Waals surface area (Å²) in [5, 5.41) is 17.1. The van der Waals surface area contributed by atoms with Gasteiger partial charge in [0.25, 0.3) is 5.56 Å². The number of H-pyrrole nitrogens is 1. The fourth-order valence-corrected chi connectivity index (χ4v) is 5.51. The molecule has 30 heavy (non-hydrogen) atoms. The van der Waals surface area contributed by atoms with E-state index in [-0.39, 0.29) is 23.7 Å². The number of nitrogens with zero attached hydrogens (tertiary/aromatic N) is 2. The Kier molecular flexibility index (Phi) is 4.99. The molecular formula is C22H27N5O2S. The van der Waals surface area contributed by atoms with E-state index in [4.69, 9.17) is 9.97 Å². The third kappa shape index (κ3) is 3.70. The number of hydrogen-bond acceptors (Lipinski definition) is 7. The number of aromatic amines is 1. The van der Waals surface area contributed by atoms with Crippen LogP contribution in [0.2, 0.25) is 0 Å². The van der Waals surface area contributed by atoms with Crippen LogP contribution in [0.4, 0.5) is 11.8 Å². The highest BCUT2D eigenvalue weighted by atomic mass is 32.1. The highest BCUT2D eigenvalue weighted by Gasteiger charge is 2.33. The van der Waals surface area contributed by atoms with Crippen molar-refractivity contribution in [3.63, 3.8) is 0 Å². The van der Waals surface area contributed by atoms with Gasteiger partial charge >= 0.3 is 0 Å². The maximum absolute atomic E-state index is 13.2. The Morgan fingerprint density at radius 2 is 2.10 bits per heavy atom. The van der Waals surface area contributed by atoms with Crippen LogP contribution in [0.25, 0.3) is 20.8 Å². The molecule has 2 aliphatic carbocycles. The standard InChI is InChI=1S/C22H27N5O2S/c1-22(9-4-10-22)27-21-25-18(23-14-8-7-13(11-14)12-28)17(19(29)26-21)20-24-15-5-2-3-6-16(15)30-20/h2-3,5-6,13-14,28H,4,7-12H2,1H3,(H3,23,25,26,27,29). The van der Waals surface area contributed by atoms with Crippen LogP contribution in [0, 0.1) is 5.92 Å². The van der Waals surface area contributed by atoms with E-state index in [0.717, 1.165) is 42.3 Å². The number of aromatic nitrogens is 3. The van der Waals surface area contributed by atoms with Crippen molar-refractivity contribution < 1.29 is 5.11 Å². The maximum atomic E-state index is 13.2. The molecule has 0 bridgehead atoms. The van der Waals surface area contributed by atoms with Crippen molar-refractivity contribution in [1.29, 1.82) is 0 Å². The quantitative estimate of drug-likeness (QED) is 0.476. The molecule has 0 spiro atoms. The molecule has 0 aliphatic heterocycles. The second-order valence-corrected chi connectivity index (χ2v) is 9.90. The average Bonchev–Trinajstić information content (AvgIpc) is 3.32. The molecule has 7 nitrogen and oxygen atoms in total. The number of hydrogen-bond donors (Lipinski definition) is 4. The Labute approximate surface area is 179 Å². The molecule has 3 aromatic rings. The Balaban J connectivity index is 1.54. The van der Waals surface area contributed by atoms with E-state index in [1.54, 1.807) is 0 Å². The smallest absolute Gasteiger partial charge is 0.264 e. The number of aliphatic hydroxyl groups is 1. The molecule has 4 N–H and O–H groups in total. The fraction of sp³-hybridized carbons (Fsp3) is 0.500. The third-order valence-electron chi connectivity index (χ3n) is 6.44. The van der Waals surface area contributed by atoms with Crippen molar-refractivity contribution in [1.82, 2.24) is 15.0 Å². The Morgan fingerprint density at radius 3 is 2.80 bits per heavy atom. The molecular weight excluding hydrogens is 398 g/mol. The van der Waals surface area contributed by atoms with E-state index < -0.39 is 0 Å². The second-order valence-electron chi connectivity index (χ2n) is 8.87. The van der Waals surface area contributed by atoms with Crippen molar-refractivity contribution in [3.8, 4) is 10.6 Å². The van der Waals surface area contributed by atoms with Crippen LogP contribution in [0.5, 0.6) is 0 Å². The SMILES string of the molecule is CC1(Nc2nc(NC3CCC(CO)C3)c(-c3nc4ccccc4s3)c(=O)[nH]2)CCC1. The lowest BCUT2D eigenvalue weighted by Crippen LogP contribution is -2.42. The Hall–Kier alpha value is -2.45. The average molecular weight is 426 g/mol. The van der Waals surface area contributed by atoms with Crippen molar-refractivity contribution in [2.75, 3.05) is 17.2 Å². The van der Waals surface area contributed by atoms with Gasteiger partial charge in [0.1, 0.15) is 16.4 Å². The number of thiazole rings is 1. The number of fused-ring (bicyclic) bond motifs is 1. The lowest BCUT2D eigenvalue weighted by molar-refractivity contribution is 0.229. The lowest BCUT2D eigenvalue weighted by Gasteiger charge is -2.39. The Bertz CT molecular complexity index is 1090. The highest BCUT2D eigenvalue weighted by molar-refractivity contribution is 7.21. The second kappa shape index (κ2) is 7.67. The van der Waals surface area contributed by atoms with Crippen LogP contribution in [-0.2, 0) is 0 Å². The minimum absolute atomic E-state index is 0.0140. The van der Waals surface area contributed by atoms with Crippen molar-refractivity contribution >= 4 is 33.3 Å². The first-order valence-electron chi connectivity index (χ1n) is 10.7. The van der Waals surface area contributed by atoms with Gasteiger partial charge in [-0.2, -0.15) is 4.98 Å². The van der Waals surface area contributed by atoms with E-state index in [1.807, 2.05) is 24.3 Å². The summed E-state index contributed by atoms with van der Waals surface area (Å²) in [7, 11) is 0. The maximum Gasteiger partial charge on any atom is 0.264 e. The van der Waals surface area contributed by atoms with Crippen LogP contribution in [0.15, 0.2) is 29.1 Å². The van der Waals surface area contributed by atoms with Crippen LogP contribution in [0.1, 0.15) is 45.4 Å². The fourth-order valence-electron chi connectivity index (χ4n) is 4.50. The number of anilines is 2. The van der Waals surface area contributed by atoms with Gasteiger partial charge in [0.2, 0.25) is 5.95 Å². The van der Waals surface area contributed by atoms with Crippen molar-refractivity contribution in [2.45, 2.75) is 57.0 Å². The topological polar surface area (TPSA) is 103 Å². The zero-order valence-electron chi connectivity index (χ0n) is 17.1. The predicted octanol–water partition coefficient (Wildman–Crippen LogP) is 3.97. The first-order chi connectivity index (χ1) is 14.5. The van der Waals surface area contributed by atoms with Gasteiger partial charge in [0.05, 0.1) is 10.2 Å². The van der Waals surface area contributed by atoms with Gasteiger partial charge in [-0.25, -0.2) is 4.98 Å². The summed E-state index contributed by atoms with van der Waals surface area (Å²) in [4.78, 5) is 25.6. The molecule has 2 aromatic heterocycles. The van der Waals surface area contributed by atoms with Gasteiger partial charge in [-0.1, -0.05) is 12.1 Å². The first kappa shape index (κ1) is 19.5. The monoisotopic (exact) mass is 425 g/mol. The number of para-hydroxylation sites is 1. The van der Waals surface area contributed by atoms with Crippen LogP contribution in [-0.4, -0.2) is 38.2 Å². The van der Waals surface area contributed by atoms with E-state index in [0.29, 0.717) is 28.3 Å². The summed E-state index contributed by atoms with van der Waals surface area (Å²) in [6, 6.07) is 8.09. The minimum atomic E-state index is -0.186. The molecule has 158 valence electrons. The zero-order chi connectivity index (χ0) is 20.7. The number of rotatable bonds is 6. The van der Waals surface area contributed by atoms with Crippen LogP contribution in [0.3, 0.4) is 0 Å². The van der Waals surface area contributed by atoms with Crippen LogP contribution < -0.4 is 16.2 Å². The van der Waals surface area contributed by atoms with E-state index >= 15 is 0 Å². The number of benzene rings is 1. The third-order valence-corrected chi connectivity index (χ3v) is 7.50. The van der Waals surface area contributed by atoms with E-state index in [2.05, 4.69) is 22.5 Å². The van der Waals surface area contributed by atoms with Crippen LogP contribution >= 0.6 is 11.3 Å². The molecule has 2 heterocycles. The minimum Gasteiger partial charge on any atom is -0.396 e. The summed E-state index contributed by atoms with van der Waals surface area (Å²) < 4.78 is 1.04. The lowest BCUT2D eigenvalue weighted by atomic mass is 9.79. The molecule has 2 fully saturated rings. The summed E-state index contributed by atoms with van der Waals surface area (Å²) in [5.74, 6) is 1.39. The van der Waals surface area contributed by atoms with Gasteiger partial charge in [-0.3, -0.25) is 9.78 Å². The summed E-state index contributed by atoms with van der Waals surface area (Å²) >= 11 is 1.50. The molecule has 0 amide bonds. The van der Waals surface area contributed by atoms with Gasteiger partial charge in [0, 0.05) is 18.2 Å². The van der Waals surface area contributed by atoms with Gasteiger partial charge in [-0.15, -0.1) is 11.3 Å². The molecule has 1 aromatic carbocycles. The molecule has 2 aliphatic rings. The molecule has 2 unspecified atom stereocenters. The molecule has 2 atom stereocenters. The highest BCUT2D eigenvalue weighted by Crippen LogP contribution is 2.36. The van der Waals surface area contributed by atoms with Gasteiger partial charge in [-0.05, 0) is 63.5 Å².